The standard InChI is InChI=1S/C26H27N3O5S2/c1-34-23-13-4-3-12-22(23)28-36(32,33)20-10-8-9-19(17-20)27-26(31)21-11-2-5-14-24(21)35-18-25(30)29-15-6-7-16-29/h2-5,8-14,17,28H,6-7,15-16,18H2,1H3,(H,27,31). The van der Waals surface area contributed by atoms with Crippen molar-refractivity contribution in [2.24, 2.45) is 0 Å². The molecule has 0 spiro atoms. The number of likely N-dealkylation sites (tertiary alicyclic amines) is 1. The van der Waals surface area contributed by atoms with Gasteiger partial charge in [-0.15, -0.1) is 11.8 Å². The van der Waals surface area contributed by atoms with Gasteiger partial charge in [0, 0.05) is 23.7 Å². The molecule has 0 radical (unpaired) electrons. The number of carbonyl (C=O) groups is 2. The molecule has 188 valence electrons. The average Bonchev–Trinajstić information content (AvgIpc) is 3.43. The minimum absolute atomic E-state index is 0.00919. The fraction of sp³-hybridized carbons (Fsp3) is 0.231. The van der Waals surface area contributed by atoms with Gasteiger partial charge in [-0.05, 0) is 55.3 Å². The molecule has 4 rings (SSSR count). The molecule has 0 atom stereocenters. The largest absolute Gasteiger partial charge is 0.495 e. The molecular formula is C26H27N3O5S2. The molecule has 8 nitrogen and oxygen atoms in total. The van der Waals surface area contributed by atoms with E-state index in [1.807, 2.05) is 11.0 Å². The number of nitrogens with one attached hydrogen (secondary N) is 2. The van der Waals surface area contributed by atoms with Crippen molar-refractivity contribution in [3.05, 3.63) is 78.4 Å². The van der Waals surface area contributed by atoms with Crippen LogP contribution in [0.1, 0.15) is 23.2 Å². The fourth-order valence-electron chi connectivity index (χ4n) is 3.85. The molecule has 0 unspecified atom stereocenters. The summed E-state index contributed by atoms with van der Waals surface area (Å²) in [5, 5.41) is 2.78. The topological polar surface area (TPSA) is 105 Å². The second-order valence-electron chi connectivity index (χ2n) is 8.16. The molecule has 0 aromatic heterocycles. The second kappa shape index (κ2) is 11.5. The lowest BCUT2D eigenvalue weighted by molar-refractivity contribution is -0.127. The first-order chi connectivity index (χ1) is 17.4. The van der Waals surface area contributed by atoms with Crippen LogP contribution in [0, 0.1) is 0 Å². The predicted octanol–water partition coefficient (Wildman–Crippen LogP) is 4.46. The third-order valence-corrected chi connectivity index (χ3v) is 8.12. The molecule has 3 aromatic rings. The molecule has 1 aliphatic heterocycles. The molecule has 36 heavy (non-hydrogen) atoms. The maximum atomic E-state index is 13.1. The Morgan fingerprint density at radius 3 is 2.47 bits per heavy atom. The smallest absolute Gasteiger partial charge is 0.262 e. The van der Waals surface area contributed by atoms with Crippen molar-refractivity contribution < 1.29 is 22.7 Å². The van der Waals surface area contributed by atoms with Crippen LogP contribution < -0.4 is 14.8 Å². The number of rotatable bonds is 9. The number of hydrogen-bond acceptors (Lipinski definition) is 6. The third kappa shape index (κ3) is 6.19. The van der Waals surface area contributed by atoms with Gasteiger partial charge in [-0.3, -0.25) is 14.3 Å². The maximum absolute atomic E-state index is 13.1. The quantitative estimate of drug-likeness (QED) is 0.400. The van der Waals surface area contributed by atoms with Crippen LogP contribution in [0.5, 0.6) is 5.75 Å². The lowest BCUT2D eigenvalue weighted by Gasteiger charge is -2.15. The van der Waals surface area contributed by atoms with Crippen LogP contribution in [-0.2, 0) is 14.8 Å². The molecule has 0 bridgehead atoms. The van der Waals surface area contributed by atoms with Crippen LogP contribution in [0.3, 0.4) is 0 Å². The lowest BCUT2D eigenvalue weighted by Crippen LogP contribution is -2.29. The minimum atomic E-state index is -3.93. The van der Waals surface area contributed by atoms with E-state index in [1.54, 1.807) is 54.6 Å². The van der Waals surface area contributed by atoms with Crippen LogP contribution in [0.4, 0.5) is 11.4 Å². The number of nitrogens with zero attached hydrogens (tertiary/aromatic N) is 1. The molecule has 2 amide bonds. The van der Waals surface area contributed by atoms with Gasteiger partial charge >= 0.3 is 0 Å². The number of sulfonamides is 1. The Morgan fingerprint density at radius 2 is 1.69 bits per heavy atom. The van der Waals surface area contributed by atoms with Gasteiger partial charge in [0.05, 0.1) is 29.0 Å². The molecule has 0 aliphatic carbocycles. The second-order valence-corrected chi connectivity index (χ2v) is 10.9. The zero-order chi connectivity index (χ0) is 25.5. The number of anilines is 2. The van der Waals surface area contributed by atoms with E-state index in [1.165, 1.54) is 31.0 Å². The number of carbonyl (C=O) groups excluding carboxylic acids is 2. The molecule has 1 fully saturated rings. The highest BCUT2D eigenvalue weighted by Gasteiger charge is 2.20. The van der Waals surface area contributed by atoms with Gasteiger partial charge < -0.3 is 15.0 Å². The number of methoxy groups -OCH3 is 1. The first kappa shape index (κ1) is 25.6. The van der Waals surface area contributed by atoms with Gasteiger partial charge in [0.2, 0.25) is 5.91 Å². The molecular weight excluding hydrogens is 498 g/mol. The van der Waals surface area contributed by atoms with E-state index in [-0.39, 0.29) is 22.5 Å². The van der Waals surface area contributed by atoms with Crippen molar-refractivity contribution in [2.75, 3.05) is 36.0 Å². The van der Waals surface area contributed by atoms with E-state index in [9.17, 15) is 18.0 Å². The number of amides is 2. The molecule has 10 heteroatoms. The SMILES string of the molecule is COc1ccccc1NS(=O)(=O)c1cccc(NC(=O)c2ccccc2SCC(=O)N2CCCC2)c1. The Balaban J connectivity index is 1.47. The van der Waals surface area contributed by atoms with Gasteiger partial charge in [0.25, 0.3) is 15.9 Å². The minimum Gasteiger partial charge on any atom is -0.495 e. The van der Waals surface area contributed by atoms with E-state index in [0.717, 1.165) is 25.9 Å². The third-order valence-electron chi connectivity index (χ3n) is 5.70. The number of ether oxygens (including phenoxy) is 1. The molecule has 1 saturated heterocycles. The Kier molecular flexibility index (Phi) is 8.17. The summed E-state index contributed by atoms with van der Waals surface area (Å²) >= 11 is 1.32. The summed E-state index contributed by atoms with van der Waals surface area (Å²) in [5.41, 5.74) is 1.05. The van der Waals surface area contributed by atoms with Crippen molar-refractivity contribution in [1.29, 1.82) is 0 Å². The highest BCUT2D eigenvalue weighted by Crippen LogP contribution is 2.28. The van der Waals surface area contributed by atoms with E-state index in [4.69, 9.17) is 4.74 Å². The first-order valence-corrected chi connectivity index (χ1v) is 13.9. The van der Waals surface area contributed by atoms with Crippen LogP contribution in [0.15, 0.2) is 82.6 Å². The van der Waals surface area contributed by atoms with Crippen molar-refractivity contribution in [3.63, 3.8) is 0 Å². The van der Waals surface area contributed by atoms with E-state index in [0.29, 0.717) is 27.6 Å². The number of para-hydroxylation sites is 2. The fourth-order valence-corrected chi connectivity index (χ4v) is 5.92. The Hall–Kier alpha value is -3.50. The van der Waals surface area contributed by atoms with E-state index >= 15 is 0 Å². The normalized spacial score (nSPS) is 13.3. The lowest BCUT2D eigenvalue weighted by atomic mass is 10.2. The van der Waals surface area contributed by atoms with Crippen LogP contribution >= 0.6 is 11.8 Å². The average molecular weight is 526 g/mol. The van der Waals surface area contributed by atoms with Gasteiger partial charge in [0.15, 0.2) is 0 Å². The number of thioether (sulfide) groups is 1. The van der Waals surface area contributed by atoms with Crippen LogP contribution in [0.25, 0.3) is 0 Å². The maximum Gasteiger partial charge on any atom is 0.262 e. The number of hydrogen-bond donors (Lipinski definition) is 2. The van der Waals surface area contributed by atoms with Crippen molar-refractivity contribution in [1.82, 2.24) is 4.90 Å². The van der Waals surface area contributed by atoms with Gasteiger partial charge in [0.1, 0.15) is 5.75 Å². The van der Waals surface area contributed by atoms with Crippen LogP contribution in [-0.4, -0.2) is 51.1 Å². The molecule has 3 aromatic carbocycles. The zero-order valence-corrected chi connectivity index (χ0v) is 21.4. The molecule has 1 heterocycles. The first-order valence-electron chi connectivity index (χ1n) is 11.4. The van der Waals surface area contributed by atoms with Crippen molar-refractivity contribution in [3.8, 4) is 5.75 Å². The summed E-state index contributed by atoms with van der Waals surface area (Å²) in [6, 6.07) is 19.8. The van der Waals surface area contributed by atoms with Gasteiger partial charge in [-0.2, -0.15) is 0 Å². The predicted molar refractivity (Wildman–Crippen MR) is 141 cm³/mol. The Labute approximate surface area is 215 Å². The molecule has 0 saturated carbocycles. The van der Waals surface area contributed by atoms with E-state index in [2.05, 4.69) is 10.0 Å². The molecule has 2 N–H and O–H groups in total. The van der Waals surface area contributed by atoms with E-state index < -0.39 is 10.0 Å². The molecule has 1 aliphatic rings. The van der Waals surface area contributed by atoms with Crippen LogP contribution in [0.2, 0.25) is 0 Å². The monoisotopic (exact) mass is 525 g/mol. The zero-order valence-electron chi connectivity index (χ0n) is 19.8. The highest BCUT2D eigenvalue weighted by molar-refractivity contribution is 8.00. The number of benzene rings is 3. The van der Waals surface area contributed by atoms with Gasteiger partial charge in [-0.25, -0.2) is 8.42 Å². The summed E-state index contributed by atoms with van der Waals surface area (Å²) in [6.07, 6.45) is 2.05. The van der Waals surface area contributed by atoms with Gasteiger partial charge in [-0.1, -0.05) is 30.3 Å². The van der Waals surface area contributed by atoms with Crippen molar-refractivity contribution in [2.45, 2.75) is 22.6 Å². The summed E-state index contributed by atoms with van der Waals surface area (Å²) in [4.78, 5) is 28.0. The summed E-state index contributed by atoms with van der Waals surface area (Å²) < 4.78 is 33.7. The Bertz CT molecular complexity index is 1350. The highest BCUT2D eigenvalue weighted by atomic mass is 32.2. The Morgan fingerprint density at radius 1 is 0.972 bits per heavy atom. The summed E-state index contributed by atoms with van der Waals surface area (Å²) in [7, 11) is -2.47. The summed E-state index contributed by atoms with van der Waals surface area (Å²) in [5.74, 6) is 0.321. The van der Waals surface area contributed by atoms with Crippen molar-refractivity contribution >= 4 is 45.0 Å². The summed E-state index contributed by atoms with van der Waals surface area (Å²) in [6.45, 7) is 1.57.